The summed E-state index contributed by atoms with van der Waals surface area (Å²) in [7, 11) is -3.36. The molecule has 0 aromatic rings. The molecule has 104 valence electrons. The minimum absolute atomic E-state index is 0.0471. The molecule has 0 spiro atoms. The predicted octanol–water partition coefficient (Wildman–Crippen LogP) is -0.405. The fraction of sp³-hybridized carbons (Fsp3) is 0.800. The Morgan fingerprint density at radius 2 is 2.22 bits per heavy atom. The van der Waals surface area contributed by atoms with E-state index in [4.69, 9.17) is 10.9 Å². The van der Waals surface area contributed by atoms with Gasteiger partial charge in [0.15, 0.2) is 15.7 Å². The molecule has 8 heteroatoms. The number of amides is 1. The van der Waals surface area contributed by atoms with Crippen molar-refractivity contribution in [3.05, 3.63) is 0 Å². The van der Waals surface area contributed by atoms with Crippen LogP contribution in [-0.2, 0) is 14.6 Å². The molecule has 1 amide bonds. The molecule has 0 aromatic heterocycles. The van der Waals surface area contributed by atoms with Gasteiger partial charge in [-0.1, -0.05) is 18.5 Å². The molecule has 0 saturated carbocycles. The van der Waals surface area contributed by atoms with Crippen LogP contribution in [-0.4, -0.2) is 42.4 Å². The lowest BCUT2D eigenvalue weighted by Gasteiger charge is -2.24. The highest BCUT2D eigenvalue weighted by Gasteiger charge is 2.35. The Morgan fingerprint density at radius 1 is 1.56 bits per heavy atom. The Labute approximate surface area is 106 Å². The van der Waals surface area contributed by atoms with Crippen molar-refractivity contribution in [3.8, 4) is 0 Å². The van der Waals surface area contributed by atoms with Crippen LogP contribution in [0.4, 0.5) is 0 Å². The lowest BCUT2D eigenvalue weighted by molar-refractivity contribution is -0.121. The Bertz CT molecular complexity index is 432. The number of amidine groups is 1. The molecule has 1 aliphatic rings. The zero-order valence-electron chi connectivity index (χ0n) is 10.3. The van der Waals surface area contributed by atoms with E-state index in [-0.39, 0.29) is 11.6 Å². The third-order valence-electron chi connectivity index (χ3n) is 3.07. The molecular formula is C10H19N3O4S. The second-order valence-corrected chi connectivity index (χ2v) is 6.65. The monoisotopic (exact) mass is 277 g/mol. The summed E-state index contributed by atoms with van der Waals surface area (Å²) in [4.78, 5) is 11.9. The fourth-order valence-electron chi connectivity index (χ4n) is 1.97. The van der Waals surface area contributed by atoms with Crippen LogP contribution in [0.5, 0.6) is 0 Å². The highest BCUT2D eigenvalue weighted by Crippen LogP contribution is 2.19. The summed E-state index contributed by atoms with van der Waals surface area (Å²) in [5.74, 6) is -0.641. The third-order valence-corrected chi connectivity index (χ3v) is 5.24. The summed E-state index contributed by atoms with van der Waals surface area (Å²) >= 11 is 0. The van der Waals surface area contributed by atoms with E-state index in [1.165, 1.54) is 0 Å². The van der Waals surface area contributed by atoms with Gasteiger partial charge in [-0.05, 0) is 19.3 Å². The van der Waals surface area contributed by atoms with E-state index in [1.807, 2.05) is 0 Å². The second kappa shape index (κ2) is 6.03. The van der Waals surface area contributed by atoms with E-state index in [9.17, 15) is 13.2 Å². The number of oxime groups is 1. The minimum Gasteiger partial charge on any atom is -0.409 e. The smallest absolute Gasteiger partial charge is 0.238 e. The van der Waals surface area contributed by atoms with Crippen molar-refractivity contribution in [2.24, 2.45) is 10.9 Å². The van der Waals surface area contributed by atoms with Crippen molar-refractivity contribution in [1.82, 2.24) is 5.32 Å². The molecule has 0 bridgehead atoms. The number of nitrogens with zero attached hydrogens (tertiary/aromatic N) is 1. The van der Waals surface area contributed by atoms with Crippen molar-refractivity contribution >= 4 is 21.6 Å². The molecule has 1 rings (SSSR count). The van der Waals surface area contributed by atoms with Crippen LogP contribution in [0.25, 0.3) is 0 Å². The Hall–Kier alpha value is -1.31. The Balaban J connectivity index is 2.75. The fourth-order valence-corrected chi connectivity index (χ4v) is 3.78. The van der Waals surface area contributed by atoms with Gasteiger partial charge in [-0.15, -0.1) is 0 Å². The van der Waals surface area contributed by atoms with E-state index >= 15 is 0 Å². The SMILES string of the molecule is CCC(NC(=O)C1CCCCS1(=O)=O)C(N)=NO. The third kappa shape index (κ3) is 3.34. The molecule has 1 heterocycles. The maximum Gasteiger partial charge on any atom is 0.238 e. The van der Waals surface area contributed by atoms with Crippen LogP contribution in [0.2, 0.25) is 0 Å². The first-order valence-electron chi connectivity index (χ1n) is 5.91. The number of sulfone groups is 1. The van der Waals surface area contributed by atoms with Crippen molar-refractivity contribution in [1.29, 1.82) is 0 Å². The maximum atomic E-state index is 11.9. The van der Waals surface area contributed by atoms with Gasteiger partial charge in [0.25, 0.3) is 0 Å². The topological polar surface area (TPSA) is 122 Å². The van der Waals surface area contributed by atoms with Gasteiger partial charge in [-0.2, -0.15) is 0 Å². The molecule has 1 fully saturated rings. The molecule has 0 aliphatic carbocycles. The van der Waals surface area contributed by atoms with Gasteiger partial charge < -0.3 is 16.3 Å². The number of carbonyl (C=O) groups is 1. The largest absolute Gasteiger partial charge is 0.409 e. The normalized spacial score (nSPS) is 25.4. The molecule has 0 aromatic carbocycles. The molecule has 18 heavy (non-hydrogen) atoms. The van der Waals surface area contributed by atoms with Crippen molar-refractivity contribution in [2.45, 2.75) is 43.9 Å². The highest BCUT2D eigenvalue weighted by molar-refractivity contribution is 7.92. The Kier molecular flexibility index (Phi) is 4.94. The van der Waals surface area contributed by atoms with Gasteiger partial charge in [0.1, 0.15) is 5.25 Å². The minimum atomic E-state index is -3.36. The Morgan fingerprint density at radius 3 is 2.72 bits per heavy atom. The quantitative estimate of drug-likeness (QED) is 0.279. The van der Waals surface area contributed by atoms with Crippen molar-refractivity contribution in [3.63, 3.8) is 0 Å². The van der Waals surface area contributed by atoms with Gasteiger partial charge in [0.05, 0.1) is 11.8 Å². The molecule has 7 nitrogen and oxygen atoms in total. The zero-order valence-corrected chi connectivity index (χ0v) is 11.1. The molecule has 2 unspecified atom stereocenters. The summed E-state index contributed by atoms with van der Waals surface area (Å²) in [6.45, 7) is 1.75. The molecule has 1 saturated heterocycles. The molecule has 0 radical (unpaired) electrons. The van der Waals surface area contributed by atoms with Crippen LogP contribution in [0.3, 0.4) is 0 Å². The van der Waals surface area contributed by atoms with E-state index in [0.717, 1.165) is 6.42 Å². The second-order valence-electron chi connectivity index (χ2n) is 4.35. The first-order chi connectivity index (χ1) is 8.42. The van der Waals surface area contributed by atoms with Gasteiger partial charge in [0.2, 0.25) is 5.91 Å². The first kappa shape index (κ1) is 14.7. The maximum absolute atomic E-state index is 11.9. The summed E-state index contributed by atoms with van der Waals surface area (Å²) in [5.41, 5.74) is 5.41. The average molecular weight is 277 g/mol. The summed E-state index contributed by atoms with van der Waals surface area (Å²) < 4.78 is 23.5. The number of nitrogens with one attached hydrogen (secondary N) is 1. The van der Waals surface area contributed by atoms with Crippen molar-refractivity contribution < 1.29 is 18.4 Å². The van der Waals surface area contributed by atoms with Gasteiger partial charge in [-0.3, -0.25) is 4.79 Å². The number of rotatable bonds is 4. The molecule has 2 atom stereocenters. The van der Waals surface area contributed by atoms with E-state index in [0.29, 0.717) is 19.3 Å². The predicted molar refractivity (Wildman–Crippen MR) is 67.1 cm³/mol. The summed E-state index contributed by atoms with van der Waals surface area (Å²) in [6, 6.07) is -0.639. The molecule has 4 N–H and O–H groups in total. The lowest BCUT2D eigenvalue weighted by atomic mass is 10.1. The van der Waals surface area contributed by atoms with Gasteiger partial charge in [0, 0.05) is 0 Å². The lowest BCUT2D eigenvalue weighted by Crippen LogP contribution is -2.50. The van der Waals surface area contributed by atoms with Crippen LogP contribution >= 0.6 is 0 Å². The van der Waals surface area contributed by atoms with E-state index < -0.39 is 27.0 Å². The van der Waals surface area contributed by atoms with Crippen LogP contribution in [0.15, 0.2) is 5.16 Å². The van der Waals surface area contributed by atoms with E-state index in [2.05, 4.69) is 10.5 Å². The number of hydrogen-bond donors (Lipinski definition) is 3. The van der Waals surface area contributed by atoms with Crippen LogP contribution in [0.1, 0.15) is 32.6 Å². The number of carbonyl (C=O) groups excluding carboxylic acids is 1. The average Bonchev–Trinajstić information content (AvgIpc) is 2.34. The number of nitrogens with two attached hydrogens (primary N) is 1. The molecule has 1 aliphatic heterocycles. The first-order valence-corrected chi connectivity index (χ1v) is 7.63. The summed E-state index contributed by atoms with van der Waals surface area (Å²) in [6.07, 6.45) is 2.08. The standard InChI is InChI=1S/C10H19N3O4S/c1-2-7(9(11)13-15)12-10(14)8-5-3-4-6-18(8,16)17/h7-8,15H,2-6H2,1H3,(H2,11,13)(H,12,14). The van der Waals surface area contributed by atoms with Gasteiger partial charge in [-0.25, -0.2) is 8.42 Å². The van der Waals surface area contributed by atoms with E-state index in [1.54, 1.807) is 6.92 Å². The zero-order chi connectivity index (χ0) is 13.8. The highest BCUT2D eigenvalue weighted by atomic mass is 32.2. The van der Waals surface area contributed by atoms with Crippen molar-refractivity contribution in [2.75, 3.05) is 5.75 Å². The van der Waals surface area contributed by atoms with Crippen LogP contribution < -0.4 is 11.1 Å². The van der Waals surface area contributed by atoms with Gasteiger partial charge >= 0.3 is 0 Å². The summed E-state index contributed by atoms with van der Waals surface area (Å²) in [5, 5.41) is 12.9. The molecular weight excluding hydrogens is 258 g/mol. The number of hydrogen-bond acceptors (Lipinski definition) is 5. The van der Waals surface area contributed by atoms with Crippen LogP contribution in [0, 0.1) is 0 Å².